The second kappa shape index (κ2) is 10.5. The monoisotopic (exact) mass is 404 g/mol. The first-order valence-electron chi connectivity index (χ1n) is 10.1. The van der Waals surface area contributed by atoms with E-state index in [4.69, 9.17) is 10.5 Å². The van der Waals surface area contributed by atoms with Crippen LogP contribution >= 0.6 is 0 Å². The molecule has 0 radical (unpaired) electrons. The van der Waals surface area contributed by atoms with E-state index >= 15 is 0 Å². The molecule has 0 aliphatic carbocycles. The molecule has 3 aromatic rings. The van der Waals surface area contributed by atoms with Gasteiger partial charge in [0.2, 0.25) is 0 Å². The molecule has 0 fully saturated rings. The Morgan fingerprint density at radius 3 is 2.60 bits per heavy atom. The molecule has 30 heavy (non-hydrogen) atoms. The normalized spacial score (nSPS) is 10.7. The van der Waals surface area contributed by atoms with Gasteiger partial charge in [-0.05, 0) is 49.2 Å². The van der Waals surface area contributed by atoms with Crippen LogP contribution in [0.5, 0.6) is 0 Å². The number of ether oxygens (including phenoxy) is 1. The molecule has 6 heteroatoms. The molecule has 4 N–H and O–H groups in total. The quantitative estimate of drug-likeness (QED) is 0.370. The Bertz CT molecular complexity index is 987. The second-order valence-corrected chi connectivity index (χ2v) is 7.00. The van der Waals surface area contributed by atoms with E-state index in [1.165, 1.54) is 0 Å². The van der Waals surface area contributed by atoms with Crippen LogP contribution in [0.2, 0.25) is 0 Å². The summed E-state index contributed by atoms with van der Waals surface area (Å²) in [6.07, 6.45) is 1.88. The number of aryl methyl sites for hydroxylation is 1. The fourth-order valence-electron chi connectivity index (χ4n) is 3.14. The summed E-state index contributed by atoms with van der Waals surface area (Å²) in [5, 5.41) is 6.19. The largest absolute Gasteiger partial charge is 0.397 e. The number of nitrogens with one attached hydrogen (secondary N) is 2. The highest BCUT2D eigenvalue weighted by Gasteiger charge is 2.10. The molecular formula is C24H28N4O2. The highest BCUT2D eigenvalue weighted by atomic mass is 16.5. The number of benzene rings is 2. The van der Waals surface area contributed by atoms with E-state index in [2.05, 4.69) is 21.7 Å². The molecule has 0 bridgehead atoms. The van der Waals surface area contributed by atoms with Gasteiger partial charge in [0, 0.05) is 37.0 Å². The average Bonchev–Trinajstić information content (AvgIpc) is 2.75. The van der Waals surface area contributed by atoms with Crippen molar-refractivity contribution in [1.29, 1.82) is 0 Å². The Morgan fingerprint density at radius 2 is 1.90 bits per heavy atom. The van der Waals surface area contributed by atoms with E-state index in [1.807, 2.05) is 44.3 Å². The first-order valence-corrected chi connectivity index (χ1v) is 10.1. The lowest BCUT2D eigenvalue weighted by Gasteiger charge is -2.10. The van der Waals surface area contributed by atoms with E-state index in [1.54, 1.807) is 24.3 Å². The second-order valence-electron chi connectivity index (χ2n) is 7.00. The third-order valence-electron chi connectivity index (χ3n) is 4.72. The minimum absolute atomic E-state index is 0.197. The first-order chi connectivity index (χ1) is 14.6. The minimum Gasteiger partial charge on any atom is -0.397 e. The molecule has 1 amide bonds. The van der Waals surface area contributed by atoms with Crippen molar-refractivity contribution < 1.29 is 9.53 Å². The number of aromatic nitrogens is 1. The van der Waals surface area contributed by atoms with Gasteiger partial charge in [-0.15, -0.1) is 0 Å². The molecule has 2 aromatic carbocycles. The van der Waals surface area contributed by atoms with Gasteiger partial charge in [0.15, 0.2) is 0 Å². The number of anilines is 2. The maximum atomic E-state index is 12.5. The number of hydrogen-bond acceptors (Lipinski definition) is 5. The summed E-state index contributed by atoms with van der Waals surface area (Å²) in [5.41, 5.74) is 11.7. The van der Waals surface area contributed by atoms with Gasteiger partial charge in [0.05, 0.1) is 23.7 Å². The molecular weight excluding hydrogens is 376 g/mol. The topological polar surface area (TPSA) is 89.3 Å². The van der Waals surface area contributed by atoms with Crippen LogP contribution < -0.4 is 16.4 Å². The van der Waals surface area contributed by atoms with Crippen molar-refractivity contribution in [1.82, 2.24) is 10.3 Å². The van der Waals surface area contributed by atoms with Crippen LogP contribution in [0, 0.1) is 6.92 Å². The van der Waals surface area contributed by atoms with Crippen LogP contribution in [-0.4, -0.2) is 30.6 Å². The van der Waals surface area contributed by atoms with Crippen LogP contribution in [0.25, 0.3) is 11.3 Å². The van der Waals surface area contributed by atoms with Gasteiger partial charge in [-0.25, -0.2) is 0 Å². The van der Waals surface area contributed by atoms with E-state index in [-0.39, 0.29) is 5.91 Å². The summed E-state index contributed by atoms with van der Waals surface area (Å²) in [6, 6.07) is 16.8. The number of nitrogens with two attached hydrogens (primary N) is 1. The van der Waals surface area contributed by atoms with Crippen LogP contribution in [0.15, 0.2) is 60.8 Å². The zero-order valence-corrected chi connectivity index (χ0v) is 17.4. The van der Waals surface area contributed by atoms with E-state index in [0.29, 0.717) is 23.5 Å². The molecule has 0 spiro atoms. The van der Waals surface area contributed by atoms with Crippen molar-refractivity contribution in [2.75, 3.05) is 30.8 Å². The lowest BCUT2D eigenvalue weighted by atomic mass is 10.0. The van der Waals surface area contributed by atoms with Gasteiger partial charge >= 0.3 is 0 Å². The standard InChI is InChI=1S/C24H28N4O2/c1-3-30-13-12-26-15-18-14-17(2)23(27-16-18)19-8-10-20(11-9-19)24(29)28-22-7-5-4-6-21(22)25/h4-11,14,16,26H,3,12-13,15,25H2,1-2H3,(H,28,29). The molecule has 0 saturated heterocycles. The first kappa shape index (κ1) is 21.5. The number of pyridine rings is 1. The molecule has 0 unspecified atom stereocenters. The SMILES string of the molecule is CCOCCNCc1cnc(-c2ccc(C(=O)Nc3ccccc3N)cc2)c(C)c1. The van der Waals surface area contributed by atoms with Gasteiger partial charge in [0.25, 0.3) is 5.91 Å². The number of amides is 1. The van der Waals surface area contributed by atoms with Crippen LogP contribution in [0.3, 0.4) is 0 Å². The van der Waals surface area contributed by atoms with Gasteiger partial charge in [-0.2, -0.15) is 0 Å². The maximum Gasteiger partial charge on any atom is 0.255 e. The number of rotatable bonds is 9. The van der Waals surface area contributed by atoms with Crippen molar-refractivity contribution in [2.45, 2.75) is 20.4 Å². The van der Waals surface area contributed by atoms with Gasteiger partial charge in [-0.3, -0.25) is 9.78 Å². The maximum absolute atomic E-state index is 12.5. The summed E-state index contributed by atoms with van der Waals surface area (Å²) in [5.74, 6) is -0.197. The number of carbonyl (C=O) groups excluding carboxylic acids is 1. The third kappa shape index (κ3) is 5.65. The van der Waals surface area contributed by atoms with Crippen LogP contribution in [0.1, 0.15) is 28.4 Å². The predicted octanol–water partition coefficient (Wildman–Crippen LogP) is 4.02. The Balaban J connectivity index is 1.64. The molecule has 0 atom stereocenters. The number of nitrogen functional groups attached to an aromatic ring is 1. The lowest BCUT2D eigenvalue weighted by Crippen LogP contribution is -2.19. The van der Waals surface area contributed by atoms with Gasteiger partial charge < -0.3 is 21.1 Å². The molecule has 0 saturated carbocycles. The molecule has 0 aliphatic heterocycles. The molecule has 0 aliphatic rings. The van der Waals surface area contributed by atoms with E-state index < -0.39 is 0 Å². The fourth-order valence-corrected chi connectivity index (χ4v) is 3.14. The highest BCUT2D eigenvalue weighted by molar-refractivity contribution is 6.05. The summed E-state index contributed by atoms with van der Waals surface area (Å²) >= 11 is 0. The number of para-hydroxylation sites is 2. The zero-order chi connectivity index (χ0) is 21.3. The number of carbonyl (C=O) groups is 1. The fraction of sp³-hybridized carbons (Fsp3) is 0.250. The minimum atomic E-state index is -0.197. The molecule has 156 valence electrons. The zero-order valence-electron chi connectivity index (χ0n) is 17.4. The van der Waals surface area contributed by atoms with Crippen LogP contribution in [0.4, 0.5) is 11.4 Å². The van der Waals surface area contributed by atoms with Crippen LogP contribution in [-0.2, 0) is 11.3 Å². The smallest absolute Gasteiger partial charge is 0.255 e. The Morgan fingerprint density at radius 1 is 1.13 bits per heavy atom. The Kier molecular flexibility index (Phi) is 7.54. The van der Waals surface area contributed by atoms with Crippen molar-refractivity contribution in [3.8, 4) is 11.3 Å². The van der Waals surface area contributed by atoms with Crippen molar-refractivity contribution in [2.24, 2.45) is 0 Å². The Hall–Kier alpha value is -3.22. The predicted molar refractivity (Wildman–Crippen MR) is 121 cm³/mol. The third-order valence-corrected chi connectivity index (χ3v) is 4.72. The summed E-state index contributed by atoms with van der Waals surface area (Å²) in [7, 11) is 0. The molecule has 6 nitrogen and oxygen atoms in total. The van der Waals surface area contributed by atoms with Crippen molar-refractivity contribution in [3.63, 3.8) is 0 Å². The van der Waals surface area contributed by atoms with Crippen molar-refractivity contribution >= 4 is 17.3 Å². The molecule has 3 rings (SSSR count). The number of nitrogens with zero attached hydrogens (tertiary/aromatic N) is 1. The number of hydrogen-bond donors (Lipinski definition) is 3. The summed E-state index contributed by atoms with van der Waals surface area (Å²) < 4.78 is 5.32. The average molecular weight is 405 g/mol. The van der Waals surface area contributed by atoms with Gasteiger partial charge in [0.1, 0.15) is 0 Å². The van der Waals surface area contributed by atoms with Crippen molar-refractivity contribution in [3.05, 3.63) is 77.5 Å². The lowest BCUT2D eigenvalue weighted by molar-refractivity contribution is 0.102. The molecule has 1 heterocycles. The molecule has 1 aromatic heterocycles. The van der Waals surface area contributed by atoms with E-state index in [0.717, 1.165) is 42.1 Å². The Labute approximate surface area is 177 Å². The summed E-state index contributed by atoms with van der Waals surface area (Å²) in [4.78, 5) is 17.1. The van der Waals surface area contributed by atoms with Gasteiger partial charge in [-0.1, -0.05) is 30.3 Å². The highest BCUT2D eigenvalue weighted by Crippen LogP contribution is 2.23. The van der Waals surface area contributed by atoms with E-state index in [9.17, 15) is 4.79 Å². The summed E-state index contributed by atoms with van der Waals surface area (Å²) in [6.45, 7) is 7.04.